The van der Waals surface area contributed by atoms with Crippen molar-refractivity contribution in [2.75, 3.05) is 41.1 Å². The summed E-state index contributed by atoms with van der Waals surface area (Å²) < 4.78 is 27.9. The molecule has 2 aliphatic heterocycles. The van der Waals surface area contributed by atoms with E-state index < -0.39 is 6.10 Å². The van der Waals surface area contributed by atoms with Crippen molar-refractivity contribution in [3.05, 3.63) is 24.3 Å². The van der Waals surface area contributed by atoms with E-state index in [9.17, 15) is 4.79 Å². The standard InChI is InChI=1S/C17H23NO6/c1-18(11-8-22-9-14(20-2)16(11)21-3)17(19)15-10-23-12-6-4-5-7-13(12)24-15/h4-7,11,14-16H,8-10H2,1-3H3/t11-,14-,15+,16+/m1/s1. The van der Waals surface area contributed by atoms with E-state index >= 15 is 0 Å². The molecule has 0 N–H and O–H groups in total. The highest BCUT2D eigenvalue weighted by Gasteiger charge is 2.41. The Hall–Kier alpha value is -1.83. The van der Waals surface area contributed by atoms with Gasteiger partial charge in [-0.2, -0.15) is 0 Å². The van der Waals surface area contributed by atoms with Crippen molar-refractivity contribution in [1.82, 2.24) is 4.90 Å². The minimum absolute atomic E-state index is 0.170. The second-order valence-corrected chi connectivity index (χ2v) is 5.89. The summed E-state index contributed by atoms with van der Waals surface area (Å²) in [5.41, 5.74) is 0. The molecule has 1 amide bonds. The zero-order valence-corrected chi connectivity index (χ0v) is 14.1. The summed E-state index contributed by atoms with van der Waals surface area (Å²) in [5.74, 6) is 1.06. The fourth-order valence-corrected chi connectivity index (χ4v) is 3.12. The van der Waals surface area contributed by atoms with Gasteiger partial charge in [0.25, 0.3) is 5.91 Å². The third kappa shape index (κ3) is 3.19. The predicted molar refractivity (Wildman–Crippen MR) is 85.3 cm³/mol. The van der Waals surface area contributed by atoms with Crippen molar-refractivity contribution in [2.24, 2.45) is 0 Å². The van der Waals surface area contributed by atoms with Gasteiger partial charge in [0, 0.05) is 21.3 Å². The molecule has 2 aliphatic rings. The van der Waals surface area contributed by atoms with E-state index in [1.54, 1.807) is 32.2 Å². The van der Waals surface area contributed by atoms with E-state index in [-0.39, 0.29) is 30.8 Å². The molecule has 132 valence electrons. The fourth-order valence-electron chi connectivity index (χ4n) is 3.12. The summed E-state index contributed by atoms with van der Waals surface area (Å²) in [6.45, 7) is 1.02. The number of rotatable bonds is 4. The molecule has 4 atom stereocenters. The largest absolute Gasteiger partial charge is 0.485 e. The van der Waals surface area contributed by atoms with Crippen LogP contribution in [0.25, 0.3) is 0 Å². The Morgan fingerprint density at radius 2 is 1.88 bits per heavy atom. The third-order valence-electron chi connectivity index (χ3n) is 4.52. The molecule has 24 heavy (non-hydrogen) atoms. The molecule has 0 radical (unpaired) electrons. The van der Waals surface area contributed by atoms with Crippen molar-refractivity contribution in [2.45, 2.75) is 24.4 Å². The van der Waals surface area contributed by atoms with Crippen molar-refractivity contribution in [3.8, 4) is 11.5 Å². The summed E-state index contributed by atoms with van der Waals surface area (Å²) >= 11 is 0. The average Bonchev–Trinajstić information content (AvgIpc) is 2.65. The Kier molecular flexibility index (Phi) is 5.23. The molecule has 7 heteroatoms. The van der Waals surface area contributed by atoms with Gasteiger partial charge >= 0.3 is 0 Å². The van der Waals surface area contributed by atoms with Gasteiger partial charge in [-0.3, -0.25) is 4.79 Å². The van der Waals surface area contributed by atoms with Gasteiger partial charge in [-0.25, -0.2) is 0 Å². The number of hydrogen-bond acceptors (Lipinski definition) is 6. The van der Waals surface area contributed by atoms with Crippen LogP contribution in [0, 0.1) is 0 Å². The molecule has 7 nitrogen and oxygen atoms in total. The van der Waals surface area contributed by atoms with Crippen LogP contribution in [0.15, 0.2) is 24.3 Å². The maximum atomic E-state index is 12.8. The second-order valence-electron chi connectivity index (χ2n) is 5.89. The monoisotopic (exact) mass is 337 g/mol. The van der Waals surface area contributed by atoms with E-state index in [2.05, 4.69) is 0 Å². The van der Waals surface area contributed by atoms with Crippen LogP contribution in [0.4, 0.5) is 0 Å². The SMILES string of the molecule is CO[C@H]1[C@H](N(C)C(=O)[C@@H]2COc3ccccc3O2)COC[C@H]1OC. The van der Waals surface area contributed by atoms with Crippen LogP contribution < -0.4 is 9.47 Å². The minimum Gasteiger partial charge on any atom is -0.485 e. The number of nitrogens with zero attached hydrogens (tertiary/aromatic N) is 1. The fraction of sp³-hybridized carbons (Fsp3) is 0.588. The lowest BCUT2D eigenvalue weighted by Crippen LogP contribution is -2.60. The van der Waals surface area contributed by atoms with Crippen LogP contribution in [0.3, 0.4) is 0 Å². The normalized spacial score (nSPS) is 29.1. The first-order chi connectivity index (χ1) is 11.7. The molecule has 0 spiro atoms. The van der Waals surface area contributed by atoms with Gasteiger partial charge in [-0.15, -0.1) is 0 Å². The van der Waals surface area contributed by atoms with Gasteiger partial charge in [-0.05, 0) is 12.1 Å². The Morgan fingerprint density at radius 3 is 2.58 bits per heavy atom. The lowest BCUT2D eigenvalue weighted by atomic mass is 10.0. The van der Waals surface area contributed by atoms with Crippen molar-refractivity contribution >= 4 is 5.91 Å². The molecular weight excluding hydrogens is 314 g/mol. The lowest BCUT2D eigenvalue weighted by molar-refractivity contribution is -0.170. The summed E-state index contributed by atoms with van der Waals surface area (Å²) in [6, 6.07) is 7.07. The van der Waals surface area contributed by atoms with Crippen LogP contribution in [0.5, 0.6) is 11.5 Å². The number of para-hydroxylation sites is 2. The van der Waals surface area contributed by atoms with E-state index in [0.29, 0.717) is 24.7 Å². The quantitative estimate of drug-likeness (QED) is 0.806. The molecule has 1 saturated heterocycles. The number of amides is 1. The number of carbonyl (C=O) groups is 1. The number of likely N-dealkylation sites (N-methyl/N-ethyl adjacent to an activating group) is 1. The molecule has 0 unspecified atom stereocenters. The van der Waals surface area contributed by atoms with Gasteiger partial charge in [0.1, 0.15) is 18.8 Å². The summed E-state index contributed by atoms with van der Waals surface area (Å²) in [7, 11) is 4.95. The average molecular weight is 337 g/mol. The predicted octanol–water partition coefficient (Wildman–Crippen LogP) is 0.714. The summed E-state index contributed by atoms with van der Waals surface area (Å²) in [5, 5.41) is 0. The Labute approximate surface area is 141 Å². The first kappa shape index (κ1) is 17.0. The van der Waals surface area contributed by atoms with E-state index in [1.165, 1.54) is 0 Å². The lowest BCUT2D eigenvalue weighted by Gasteiger charge is -2.41. The van der Waals surface area contributed by atoms with E-state index in [1.807, 2.05) is 18.2 Å². The highest BCUT2D eigenvalue weighted by molar-refractivity contribution is 5.82. The van der Waals surface area contributed by atoms with E-state index in [4.69, 9.17) is 23.7 Å². The molecule has 1 aromatic carbocycles. The Bertz CT molecular complexity index is 580. The van der Waals surface area contributed by atoms with Gasteiger partial charge in [-0.1, -0.05) is 12.1 Å². The van der Waals surface area contributed by atoms with Crippen LogP contribution in [-0.4, -0.2) is 76.2 Å². The van der Waals surface area contributed by atoms with Crippen LogP contribution >= 0.6 is 0 Å². The molecule has 1 fully saturated rings. The summed E-state index contributed by atoms with van der Waals surface area (Å²) in [4.78, 5) is 14.4. The highest BCUT2D eigenvalue weighted by atomic mass is 16.6. The maximum absolute atomic E-state index is 12.8. The number of fused-ring (bicyclic) bond motifs is 1. The van der Waals surface area contributed by atoms with Crippen molar-refractivity contribution in [3.63, 3.8) is 0 Å². The molecule has 0 bridgehead atoms. The number of ether oxygens (including phenoxy) is 5. The first-order valence-corrected chi connectivity index (χ1v) is 7.94. The zero-order valence-electron chi connectivity index (χ0n) is 14.1. The molecule has 3 rings (SSSR count). The van der Waals surface area contributed by atoms with Gasteiger partial charge < -0.3 is 28.6 Å². The van der Waals surface area contributed by atoms with Gasteiger partial charge in [0.2, 0.25) is 6.10 Å². The molecule has 0 aromatic heterocycles. The third-order valence-corrected chi connectivity index (χ3v) is 4.52. The molecule has 0 saturated carbocycles. The first-order valence-electron chi connectivity index (χ1n) is 7.94. The molecule has 1 aromatic rings. The van der Waals surface area contributed by atoms with Crippen molar-refractivity contribution < 1.29 is 28.5 Å². The maximum Gasteiger partial charge on any atom is 0.267 e. The van der Waals surface area contributed by atoms with E-state index in [0.717, 1.165) is 0 Å². The van der Waals surface area contributed by atoms with Gasteiger partial charge in [0.05, 0.1) is 19.3 Å². The van der Waals surface area contributed by atoms with Gasteiger partial charge in [0.15, 0.2) is 11.5 Å². The highest BCUT2D eigenvalue weighted by Crippen LogP contribution is 2.31. The second kappa shape index (κ2) is 7.38. The molecule has 0 aliphatic carbocycles. The Balaban J connectivity index is 1.70. The Morgan fingerprint density at radius 1 is 1.12 bits per heavy atom. The van der Waals surface area contributed by atoms with Crippen LogP contribution in [0.2, 0.25) is 0 Å². The van der Waals surface area contributed by atoms with Crippen molar-refractivity contribution in [1.29, 1.82) is 0 Å². The minimum atomic E-state index is -0.690. The number of benzene rings is 1. The number of hydrogen-bond donors (Lipinski definition) is 0. The summed E-state index contributed by atoms with van der Waals surface area (Å²) in [6.07, 6.45) is -1.16. The van der Waals surface area contributed by atoms with Crippen LogP contribution in [0.1, 0.15) is 0 Å². The zero-order chi connectivity index (χ0) is 17.1. The smallest absolute Gasteiger partial charge is 0.267 e. The number of methoxy groups -OCH3 is 2. The molecule has 2 heterocycles. The number of carbonyl (C=O) groups excluding carboxylic acids is 1. The van der Waals surface area contributed by atoms with Crippen LogP contribution in [-0.2, 0) is 19.0 Å². The topological polar surface area (TPSA) is 66.5 Å². The molecular formula is C17H23NO6.